The molecule has 54 heavy (non-hydrogen) atoms. The van der Waals surface area contributed by atoms with Crippen molar-refractivity contribution in [2.45, 2.75) is 115 Å². The molecule has 3 heterocycles. The first kappa shape index (κ1) is 38.7. The number of ether oxygens (including phenoxy) is 2. The number of allylic oxidation sites excluding steroid dienone is 5. The van der Waals surface area contributed by atoms with Crippen molar-refractivity contribution in [3.63, 3.8) is 0 Å². The zero-order valence-electron chi connectivity index (χ0n) is 32.8. The number of dihydropyridines is 1. The van der Waals surface area contributed by atoms with E-state index in [1.807, 2.05) is 26.1 Å². The highest BCUT2D eigenvalue weighted by Gasteiger charge is 2.85. The van der Waals surface area contributed by atoms with E-state index >= 15 is 0 Å². The number of aliphatic hydroxyl groups is 1. The molecular weight excluding hydrogens is 681 g/mol. The molecule has 7 rings (SSSR count). The maximum absolute atomic E-state index is 14.8. The van der Waals surface area contributed by atoms with Gasteiger partial charge in [0.05, 0.1) is 19.4 Å². The summed E-state index contributed by atoms with van der Waals surface area (Å²) in [5.41, 5.74) is 1.54. The van der Waals surface area contributed by atoms with Gasteiger partial charge in [0.2, 0.25) is 5.78 Å². The van der Waals surface area contributed by atoms with Crippen LogP contribution in [0.3, 0.4) is 0 Å². The summed E-state index contributed by atoms with van der Waals surface area (Å²) >= 11 is 0. The Hall–Kier alpha value is -3.57. The molecule has 1 saturated heterocycles. The fraction of sp³-hybridized carbons (Fsp3) is 0.614. The molecule has 0 amide bonds. The SMILES string of the molecule is CCNC1CC2C=CCCC2CC1COC(=O)C12OC1(CC(CO)=C(C)CCC1=CCNC3=C1CCC(NC)N3)C(=O)c1cccc(CC(C)C)c1C2=O. The number of carbonyl (C=O) groups is 3. The Bertz CT molecular complexity index is 1780. The fourth-order valence-corrected chi connectivity index (χ4v) is 10.0. The fourth-order valence-electron chi connectivity index (χ4n) is 10.0. The summed E-state index contributed by atoms with van der Waals surface area (Å²) in [5, 5.41) is 24.8. The molecule has 7 unspecified atom stereocenters. The van der Waals surface area contributed by atoms with E-state index < -0.39 is 23.0 Å². The van der Waals surface area contributed by atoms with Crippen LogP contribution in [0.5, 0.6) is 0 Å². The maximum atomic E-state index is 14.8. The van der Waals surface area contributed by atoms with Gasteiger partial charge < -0.3 is 35.8 Å². The van der Waals surface area contributed by atoms with Gasteiger partial charge in [0.25, 0.3) is 5.60 Å². The van der Waals surface area contributed by atoms with Crippen LogP contribution in [0.1, 0.15) is 112 Å². The largest absolute Gasteiger partial charge is 0.463 e. The smallest absolute Gasteiger partial charge is 0.350 e. The molecule has 7 atom stereocenters. The van der Waals surface area contributed by atoms with Gasteiger partial charge in [-0.1, -0.05) is 62.8 Å². The van der Waals surface area contributed by atoms with E-state index in [1.54, 1.807) is 6.07 Å². The summed E-state index contributed by atoms with van der Waals surface area (Å²) in [4.78, 5) is 44.1. The van der Waals surface area contributed by atoms with Gasteiger partial charge in [-0.2, -0.15) is 0 Å². The third-order valence-electron chi connectivity index (χ3n) is 13.1. The van der Waals surface area contributed by atoms with Gasteiger partial charge in [-0.15, -0.1) is 0 Å². The summed E-state index contributed by atoms with van der Waals surface area (Å²) in [6.45, 7) is 9.58. The van der Waals surface area contributed by atoms with Crippen LogP contribution >= 0.6 is 0 Å². The minimum absolute atomic E-state index is 0.0532. The molecule has 0 bridgehead atoms. The molecule has 1 saturated carbocycles. The lowest BCUT2D eigenvalue weighted by Crippen LogP contribution is -2.52. The van der Waals surface area contributed by atoms with Gasteiger partial charge in [-0.05, 0) is 118 Å². The van der Waals surface area contributed by atoms with Crippen LogP contribution in [0.25, 0.3) is 0 Å². The van der Waals surface area contributed by atoms with E-state index in [9.17, 15) is 19.5 Å². The van der Waals surface area contributed by atoms with E-state index in [2.05, 4.69) is 60.3 Å². The number of ketones is 2. The second-order valence-electron chi connectivity index (χ2n) is 16.8. The molecule has 10 nitrogen and oxygen atoms in total. The first-order valence-electron chi connectivity index (χ1n) is 20.4. The number of nitrogens with one attached hydrogen (secondary N) is 4. The molecule has 3 aliphatic carbocycles. The Morgan fingerprint density at radius 1 is 1.17 bits per heavy atom. The molecule has 1 aromatic rings. The van der Waals surface area contributed by atoms with Crippen molar-refractivity contribution in [2.75, 3.05) is 33.4 Å². The van der Waals surface area contributed by atoms with E-state index in [-0.39, 0.29) is 60.6 Å². The van der Waals surface area contributed by atoms with E-state index in [4.69, 9.17) is 9.47 Å². The maximum Gasteiger partial charge on any atom is 0.350 e. The normalized spacial score (nSPS) is 31.7. The van der Waals surface area contributed by atoms with Crippen molar-refractivity contribution in [3.05, 3.63) is 81.2 Å². The number of Topliss-reactive ketones (excluding diaryl/α,β-unsaturated/α-hetero) is 2. The molecule has 0 aromatic heterocycles. The van der Waals surface area contributed by atoms with Crippen molar-refractivity contribution >= 4 is 17.5 Å². The molecule has 0 spiro atoms. The molecule has 2 fully saturated rings. The van der Waals surface area contributed by atoms with Gasteiger partial charge in [-0.25, -0.2) is 4.79 Å². The minimum atomic E-state index is -2.09. The van der Waals surface area contributed by atoms with E-state index in [0.29, 0.717) is 30.3 Å². The first-order valence-corrected chi connectivity index (χ1v) is 20.4. The molecule has 3 aliphatic heterocycles. The Balaban J connectivity index is 1.16. The van der Waals surface area contributed by atoms with Crippen molar-refractivity contribution < 1.29 is 29.0 Å². The highest BCUT2D eigenvalue weighted by Crippen LogP contribution is 2.60. The van der Waals surface area contributed by atoms with Crippen molar-refractivity contribution in [3.8, 4) is 0 Å². The van der Waals surface area contributed by atoms with Gasteiger partial charge in [-0.3, -0.25) is 9.59 Å². The quantitative estimate of drug-likeness (QED) is 0.0726. The lowest BCUT2D eigenvalue weighted by molar-refractivity contribution is -0.150. The van der Waals surface area contributed by atoms with Gasteiger partial charge in [0.1, 0.15) is 5.82 Å². The molecule has 6 aliphatic rings. The first-order chi connectivity index (χ1) is 26.1. The molecule has 292 valence electrons. The predicted octanol–water partition coefficient (Wildman–Crippen LogP) is 5.43. The van der Waals surface area contributed by atoms with Crippen LogP contribution in [0.2, 0.25) is 0 Å². The highest BCUT2D eigenvalue weighted by molar-refractivity contribution is 6.33. The minimum Gasteiger partial charge on any atom is -0.463 e. The Labute approximate surface area is 320 Å². The second kappa shape index (κ2) is 15.9. The highest BCUT2D eigenvalue weighted by atomic mass is 16.7. The number of hydrogen-bond donors (Lipinski definition) is 5. The zero-order valence-corrected chi connectivity index (χ0v) is 32.8. The number of hydrogen-bond acceptors (Lipinski definition) is 10. The Morgan fingerprint density at radius 3 is 2.76 bits per heavy atom. The number of fused-ring (bicyclic) bond motifs is 3. The number of carbonyl (C=O) groups excluding carboxylic acids is 3. The van der Waals surface area contributed by atoms with Crippen LogP contribution in [-0.2, 0) is 20.7 Å². The number of esters is 1. The van der Waals surface area contributed by atoms with Gasteiger partial charge in [0, 0.05) is 36.1 Å². The van der Waals surface area contributed by atoms with Crippen LogP contribution in [0, 0.1) is 23.7 Å². The standard InChI is InChI=1S/C44H60N4O6/c1-6-46-36-22-30-11-8-7-10-29(30)21-32(36)25-53-42(52)44-40(51)38-31(20-26(2)3)12-9-13-35(38)39(50)43(44,54-44)23-33(24-49)27(4)14-15-28-18-19-47-41-34(28)16-17-37(45-5)48-41/h8-9,11-13,18,26,29-30,32,36-37,45-49H,6-7,10,14-17,19-25H2,1-5H3. The average Bonchev–Trinajstić information content (AvgIpc) is 3.88. The van der Waals surface area contributed by atoms with Crippen LogP contribution in [-0.4, -0.2) is 79.4 Å². The molecule has 1 aromatic carbocycles. The van der Waals surface area contributed by atoms with Crippen molar-refractivity contribution in [1.29, 1.82) is 0 Å². The molecule has 5 N–H and O–H groups in total. The summed E-state index contributed by atoms with van der Waals surface area (Å²) in [6.07, 6.45) is 15.1. The molecule has 10 heteroatoms. The third kappa shape index (κ3) is 6.92. The lowest BCUT2D eigenvalue weighted by atomic mass is 9.68. The summed E-state index contributed by atoms with van der Waals surface area (Å²) in [6, 6.07) is 5.54. The van der Waals surface area contributed by atoms with Crippen molar-refractivity contribution in [1.82, 2.24) is 21.3 Å². The van der Waals surface area contributed by atoms with Crippen LogP contribution < -0.4 is 21.3 Å². The topological polar surface area (TPSA) is 141 Å². The van der Waals surface area contributed by atoms with E-state index in [0.717, 1.165) is 75.0 Å². The third-order valence-corrected chi connectivity index (χ3v) is 13.1. The Morgan fingerprint density at radius 2 is 2.00 bits per heavy atom. The lowest BCUT2D eigenvalue weighted by Gasteiger charge is -2.42. The molecule has 0 radical (unpaired) electrons. The zero-order chi connectivity index (χ0) is 38.2. The number of rotatable bonds is 14. The average molecular weight is 741 g/mol. The predicted molar refractivity (Wildman–Crippen MR) is 209 cm³/mol. The van der Waals surface area contributed by atoms with Crippen LogP contribution in [0.15, 0.2) is 64.5 Å². The monoisotopic (exact) mass is 740 g/mol. The second-order valence-corrected chi connectivity index (χ2v) is 16.8. The Kier molecular flexibility index (Phi) is 11.4. The summed E-state index contributed by atoms with van der Waals surface area (Å²) in [5.74, 6) is 0.761. The number of epoxide rings is 1. The molecular formula is C44H60N4O6. The summed E-state index contributed by atoms with van der Waals surface area (Å²) in [7, 11) is 1.96. The van der Waals surface area contributed by atoms with Gasteiger partial charge in [0.15, 0.2) is 11.4 Å². The summed E-state index contributed by atoms with van der Waals surface area (Å²) < 4.78 is 12.5. The number of aliphatic hydroxyl groups excluding tert-OH is 1. The van der Waals surface area contributed by atoms with Crippen LogP contribution in [0.4, 0.5) is 0 Å². The van der Waals surface area contributed by atoms with Gasteiger partial charge >= 0.3 is 5.97 Å². The van der Waals surface area contributed by atoms with E-state index in [1.165, 1.54) is 11.1 Å². The number of benzene rings is 1. The van der Waals surface area contributed by atoms with Crippen molar-refractivity contribution in [2.24, 2.45) is 23.7 Å².